The molecule has 0 radical (unpaired) electrons. The molecular weight excluding hydrogens is 312 g/mol. The summed E-state index contributed by atoms with van der Waals surface area (Å²) in [4.78, 5) is 11.3. The van der Waals surface area contributed by atoms with Crippen LogP contribution in [0, 0.1) is 25.2 Å². The van der Waals surface area contributed by atoms with Gasteiger partial charge in [-0.15, -0.1) is 0 Å². The zero-order valence-electron chi connectivity index (χ0n) is 14.2. The number of carbonyl (C=O) groups is 1. The number of rotatable bonds is 4. The summed E-state index contributed by atoms with van der Waals surface area (Å²) < 4.78 is 2.18. The molecule has 5 nitrogen and oxygen atoms in total. The van der Waals surface area contributed by atoms with E-state index in [4.69, 9.17) is 5.26 Å². The lowest BCUT2D eigenvalue weighted by Gasteiger charge is -2.12. The lowest BCUT2D eigenvalue weighted by molar-refractivity contribution is -0.120. The minimum absolute atomic E-state index is 0.202. The van der Waals surface area contributed by atoms with E-state index in [1.54, 1.807) is 12.3 Å². The van der Waals surface area contributed by atoms with E-state index in [1.165, 1.54) is 10.8 Å². The summed E-state index contributed by atoms with van der Waals surface area (Å²) in [6, 6.07) is 18.3. The molecule has 0 aliphatic rings. The molecule has 0 unspecified atom stereocenters. The fourth-order valence-corrected chi connectivity index (χ4v) is 2.98. The van der Waals surface area contributed by atoms with Crippen LogP contribution in [-0.2, 0) is 4.79 Å². The Morgan fingerprint density at radius 2 is 2.00 bits per heavy atom. The molecule has 2 aromatic carbocycles. The molecule has 0 aliphatic heterocycles. The predicted octanol–water partition coefficient (Wildman–Crippen LogP) is 3.61. The smallest absolute Gasteiger partial charge is 0.254 e. The van der Waals surface area contributed by atoms with Gasteiger partial charge in [0, 0.05) is 22.3 Å². The fraction of sp³-hybridized carbons (Fsp3) is 0.150. The maximum atomic E-state index is 11.3. The van der Waals surface area contributed by atoms with E-state index in [1.807, 2.05) is 38.1 Å². The predicted molar refractivity (Wildman–Crippen MR) is 98.7 cm³/mol. The molecule has 1 aromatic heterocycles. The first kappa shape index (κ1) is 16.5. The number of benzene rings is 2. The number of aromatic nitrogens is 1. The van der Waals surface area contributed by atoms with Crippen LogP contribution in [0.25, 0.3) is 16.5 Å². The number of amides is 1. The molecule has 25 heavy (non-hydrogen) atoms. The van der Waals surface area contributed by atoms with Crippen LogP contribution in [0.2, 0.25) is 0 Å². The number of nitrogens with zero attached hydrogens (tertiary/aromatic N) is 3. The molecule has 3 rings (SSSR count). The van der Waals surface area contributed by atoms with Crippen LogP contribution in [0.15, 0.2) is 53.6 Å². The van der Waals surface area contributed by atoms with Crippen molar-refractivity contribution in [1.82, 2.24) is 9.99 Å². The zero-order valence-corrected chi connectivity index (χ0v) is 14.2. The van der Waals surface area contributed by atoms with Crippen molar-refractivity contribution in [2.75, 3.05) is 0 Å². The first-order valence-corrected chi connectivity index (χ1v) is 7.97. The van der Waals surface area contributed by atoms with E-state index < -0.39 is 5.91 Å². The first-order valence-electron chi connectivity index (χ1n) is 7.97. The Bertz CT molecular complexity index is 1000. The largest absolute Gasteiger partial charge is 0.317 e. The molecule has 5 heteroatoms. The molecule has 1 heterocycles. The third-order valence-electron chi connectivity index (χ3n) is 4.11. The third kappa shape index (κ3) is 3.29. The third-order valence-corrected chi connectivity index (χ3v) is 4.11. The van der Waals surface area contributed by atoms with Gasteiger partial charge in [0.2, 0.25) is 0 Å². The van der Waals surface area contributed by atoms with Crippen LogP contribution >= 0.6 is 0 Å². The van der Waals surface area contributed by atoms with Crippen molar-refractivity contribution in [1.29, 1.82) is 5.26 Å². The van der Waals surface area contributed by atoms with Crippen LogP contribution < -0.4 is 5.43 Å². The number of hydrazone groups is 1. The SMILES string of the molecule is Cc1cc(C=NNC(=O)CC#N)c(C)n1-c1cccc2ccccc12. The summed E-state index contributed by atoms with van der Waals surface area (Å²) in [5, 5.41) is 14.8. The second-order valence-corrected chi connectivity index (χ2v) is 5.79. The number of aryl methyl sites for hydroxylation is 1. The standard InChI is InChI=1S/C20H18N4O/c1-14-12-17(13-22-23-20(25)10-11-21)15(2)24(14)19-9-5-7-16-6-3-4-8-18(16)19/h3-9,12-13H,10H2,1-2H3,(H,23,25). The molecule has 3 aromatic rings. The summed E-state index contributed by atoms with van der Waals surface area (Å²) in [5.41, 5.74) is 6.50. The van der Waals surface area contributed by atoms with Crippen LogP contribution in [0.1, 0.15) is 23.4 Å². The summed E-state index contributed by atoms with van der Waals surface area (Å²) in [5.74, 6) is -0.415. The molecule has 0 fully saturated rings. The normalized spacial score (nSPS) is 10.9. The first-order chi connectivity index (χ1) is 12.1. The van der Waals surface area contributed by atoms with Crippen LogP contribution in [-0.4, -0.2) is 16.7 Å². The van der Waals surface area contributed by atoms with E-state index in [0.29, 0.717) is 0 Å². The summed E-state index contributed by atoms with van der Waals surface area (Å²) in [7, 11) is 0. The van der Waals surface area contributed by atoms with Crippen molar-refractivity contribution < 1.29 is 4.79 Å². The van der Waals surface area contributed by atoms with Crippen molar-refractivity contribution in [2.45, 2.75) is 20.3 Å². The molecule has 124 valence electrons. The highest BCUT2D eigenvalue weighted by molar-refractivity contribution is 5.91. The van der Waals surface area contributed by atoms with Crippen molar-refractivity contribution >= 4 is 22.9 Å². The van der Waals surface area contributed by atoms with Crippen molar-refractivity contribution in [2.24, 2.45) is 5.10 Å². The minimum Gasteiger partial charge on any atom is -0.317 e. The Balaban J connectivity index is 1.99. The average molecular weight is 330 g/mol. The highest BCUT2D eigenvalue weighted by Gasteiger charge is 2.11. The monoisotopic (exact) mass is 330 g/mol. The summed E-state index contributed by atoms with van der Waals surface area (Å²) in [6.45, 7) is 4.06. The number of nitrogens with one attached hydrogen (secondary N) is 1. The van der Waals surface area contributed by atoms with Gasteiger partial charge in [0.25, 0.3) is 5.91 Å². The number of nitriles is 1. The lowest BCUT2D eigenvalue weighted by Crippen LogP contribution is -2.16. The Morgan fingerprint density at radius 3 is 2.80 bits per heavy atom. The molecule has 1 N–H and O–H groups in total. The molecule has 0 atom stereocenters. The Hall–Kier alpha value is -3.39. The summed E-state index contributed by atoms with van der Waals surface area (Å²) in [6.07, 6.45) is 1.41. The minimum atomic E-state index is -0.415. The van der Waals surface area contributed by atoms with Gasteiger partial charge >= 0.3 is 0 Å². The molecular formula is C20H18N4O. The second kappa shape index (κ2) is 7.02. The van der Waals surface area contributed by atoms with Gasteiger partial charge in [-0.1, -0.05) is 36.4 Å². The second-order valence-electron chi connectivity index (χ2n) is 5.79. The van der Waals surface area contributed by atoms with Crippen molar-refractivity contribution in [3.8, 4) is 11.8 Å². The van der Waals surface area contributed by atoms with Gasteiger partial charge in [-0.25, -0.2) is 5.43 Å². The van der Waals surface area contributed by atoms with E-state index in [9.17, 15) is 4.79 Å². The van der Waals surface area contributed by atoms with E-state index in [0.717, 1.165) is 22.6 Å². The van der Waals surface area contributed by atoms with Crippen LogP contribution in [0.3, 0.4) is 0 Å². The Morgan fingerprint density at radius 1 is 1.24 bits per heavy atom. The van der Waals surface area contributed by atoms with Gasteiger partial charge in [-0.05, 0) is 31.4 Å². The van der Waals surface area contributed by atoms with Crippen molar-refractivity contribution in [3.05, 3.63) is 65.5 Å². The van der Waals surface area contributed by atoms with Gasteiger partial charge in [0.15, 0.2) is 0 Å². The number of hydrogen-bond acceptors (Lipinski definition) is 3. The van der Waals surface area contributed by atoms with Gasteiger partial charge < -0.3 is 4.57 Å². The quantitative estimate of drug-likeness (QED) is 0.586. The van der Waals surface area contributed by atoms with Gasteiger partial charge in [-0.2, -0.15) is 10.4 Å². The average Bonchev–Trinajstić information content (AvgIpc) is 2.88. The van der Waals surface area contributed by atoms with Gasteiger partial charge in [0.05, 0.1) is 18.0 Å². The Kier molecular flexibility index (Phi) is 4.62. The number of carbonyl (C=O) groups excluding carboxylic acids is 1. The molecule has 0 saturated carbocycles. The number of hydrogen-bond donors (Lipinski definition) is 1. The van der Waals surface area contributed by atoms with E-state index >= 15 is 0 Å². The molecule has 0 spiro atoms. The highest BCUT2D eigenvalue weighted by atomic mass is 16.2. The van der Waals surface area contributed by atoms with Gasteiger partial charge in [-0.3, -0.25) is 4.79 Å². The zero-order chi connectivity index (χ0) is 17.8. The molecule has 1 amide bonds. The van der Waals surface area contributed by atoms with Crippen LogP contribution in [0.4, 0.5) is 0 Å². The van der Waals surface area contributed by atoms with E-state index in [-0.39, 0.29) is 6.42 Å². The summed E-state index contributed by atoms with van der Waals surface area (Å²) >= 11 is 0. The Labute approximate surface area is 146 Å². The van der Waals surface area contributed by atoms with E-state index in [2.05, 4.69) is 39.4 Å². The maximum Gasteiger partial charge on any atom is 0.254 e. The molecule has 0 aliphatic carbocycles. The fourth-order valence-electron chi connectivity index (χ4n) is 2.98. The number of fused-ring (bicyclic) bond motifs is 1. The highest BCUT2D eigenvalue weighted by Crippen LogP contribution is 2.26. The molecule has 0 bridgehead atoms. The van der Waals surface area contributed by atoms with Crippen LogP contribution in [0.5, 0.6) is 0 Å². The van der Waals surface area contributed by atoms with Crippen molar-refractivity contribution in [3.63, 3.8) is 0 Å². The maximum absolute atomic E-state index is 11.3. The lowest BCUT2D eigenvalue weighted by atomic mass is 10.1. The molecule has 0 saturated heterocycles. The topological polar surface area (TPSA) is 70.2 Å². The van der Waals surface area contributed by atoms with Gasteiger partial charge in [0.1, 0.15) is 6.42 Å².